The SMILES string of the molecule is O=C(OOc1ccccc1)C(Oc1ccccc1)(Oc1ccccc1)Oc1ccccc1. The number of rotatable bonds is 9. The average molecular weight is 428 g/mol. The standard InChI is InChI=1S/C26H20O6/c27-25(32-31-24-19-11-4-12-20-24)26(28-21-13-5-1-6-14-21,29-22-15-7-2-8-16-22)30-23-17-9-3-10-18-23/h1-20H. The molecule has 0 spiro atoms. The van der Waals surface area contributed by atoms with Gasteiger partial charge in [-0.25, -0.2) is 9.68 Å². The van der Waals surface area contributed by atoms with Crippen LogP contribution in [0.1, 0.15) is 0 Å². The first-order chi connectivity index (χ1) is 15.7. The van der Waals surface area contributed by atoms with Crippen molar-refractivity contribution in [1.29, 1.82) is 0 Å². The number of carbonyl (C=O) groups excluding carboxylic acids is 1. The quantitative estimate of drug-likeness (QED) is 0.202. The molecule has 0 saturated heterocycles. The van der Waals surface area contributed by atoms with E-state index >= 15 is 0 Å². The van der Waals surface area contributed by atoms with Crippen LogP contribution in [0.4, 0.5) is 0 Å². The molecule has 160 valence electrons. The second kappa shape index (κ2) is 10.0. The summed E-state index contributed by atoms with van der Waals surface area (Å²) in [7, 11) is 0. The zero-order valence-corrected chi connectivity index (χ0v) is 17.0. The molecule has 0 aliphatic carbocycles. The van der Waals surface area contributed by atoms with Crippen molar-refractivity contribution in [2.24, 2.45) is 0 Å². The predicted molar refractivity (Wildman–Crippen MR) is 117 cm³/mol. The highest BCUT2D eigenvalue weighted by atomic mass is 17.2. The maximum atomic E-state index is 13.3. The van der Waals surface area contributed by atoms with Crippen LogP contribution in [0.15, 0.2) is 121 Å². The Labute approximate surface area is 185 Å². The monoisotopic (exact) mass is 428 g/mol. The van der Waals surface area contributed by atoms with Gasteiger partial charge in [0.15, 0.2) is 5.75 Å². The van der Waals surface area contributed by atoms with E-state index in [1.807, 2.05) is 24.3 Å². The molecule has 0 radical (unpaired) electrons. The second-order valence-corrected chi connectivity index (χ2v) is 6.57. The fourth-order valence-electron chi connectivity index (χ4n) is 2.73. The van der Waals surface area contributed by atoms with Crippen LogP contribution in [0.2, 0.25) is 0 Å². The van der Waals surface area contributed by atoms with Crippen molar-refractivity contribution < 1.29 is 28.8 Å². The Bertz CT molecular complexity index is 1000. The van der Waals surface area contributed by atoms with Gasteiger partial charge in [0.2, 0.25) is 0 Å². The average Bonchev–Trinajstić information content (AvgIpc) is 2.85. The summed E-state index contributed by atoms with van der Waals surface area (Å²) in [6, 6.07) is 34.6. The van der Waals surface area contributed by atoms with Gasteiger partial charge >= 0.3 is 11.9 Å². The third-order valence-corrected chi connectivity index (χ3v) is 4.19. The molecule has 0 unspecified atom stereocenters. The summed E-state index contributed by atoms with van der Waals surface area (Å²) in [5.74, 6) is -2.06. The fourth-order valence-corrected chi connectivity index (χ4v) is 2.73. The van der Waals surface area contributed by atoms with E-state index in [0.717, 1.165) is 0 Å². The van der Waals surface area contributed by atoms with Crippen LogP contribution in [0.5, 0.6) is 23.0 Å². The Morgan fingerprint density at radius 3 is 1.12 bits per heavy atom. The second-order valence-electron chi connectivity index (χ2n) is 6.57. The first-order valence-corrected chi connectivity index (χ1v) is 9.90. The van der Waals surface area contributed by atoms with Gasteiger partial charge in [-0.2, -0.15) is 0 Å². The number of para-hydroxylation sites is 4. The van der Waals surface area contributed by atoms with Crippen molar-refractivity contribution in [3.8, 4) is 23.0 Å². The van der Waals surface area contributed by atoms with Gasteiger partial charge in [0, 0.05) is 0 Å². The van der Waals surface area contributed by atoms with E-state index in [9.17, 15) is 4.79 Å². The van der Waals surface area contributed by atoms with E-state index in [1.54, 1.807) is 97.1 Å². The molecule has 4 rings (SSSR count). The molecule has 0 amide bonds. The van der Waals surface area contributed by atoms with Crippen LogP contribution in [0.25, 0.3) is 0 Å². The summed E-state index contributed by atoms with van der Waals surface area (Å²) >= 11 is 0. The van der Waals surface area contributed by atoms with Gasteiger partial charge in [-0.15, -0.1) is 0 Å². The van der Waals surface area contributed by atoms with Gasteiger partial charge in [0.25, 0.3) is 0 Å². The molecule has 0 aliphatic rings. The summed E-state index contributed by atoms with van der Waals surface area (Å²) in [5.41, 5.74) is 0. The van der Waals surface area contributed by atoms with Crippen molar-refractivity contribution in [3.63, 3.8) is 0 Å². The highest BCUT2D eigenvalue weighted by Gasteiger charge is 2.52. The van der Waals surface area contributed by atoms with E-state index in [2.05, 4.69) is 0 Å². The molecule has 0 N–H and O–H groups in total. The maximum Gasteiger partial charge on any atom is 0.528 e. The van der Waals surface area contributed by atoms with Crippen LogP contribution in [-0.4, -0.2) is 11.9 Å². The van der Waals surface area contributed by atoms with E-state index < -0.39 is 11.9 Å². The fraction of sp³-hybridized carbons (Fsp3) is 0.0385. The lowest BCUT2D eigenvalue weighted by molar-refractivity contribution is -0.295. The summed E-state index contributed by atoms with van der Waals surface area (Å²) in [4.78, 5) is 23.6. The molecule has 0 heterocycles. The van der Waals surface area contributed by atoms with Crippen LogP contribution in [-0.2, 0) is 9.68 Å². The highest BCUT2D eigenvalue weighted by molar-refractivity contribution is 5.77. The molecule has 0 saturated carbocycles. The van der Waals surface area contributed by atoms with Crippen LogP contribution < -0.4 is 19.1 Å². The number of hydrogen-bond acceptors (Lipinski definition) is 6. The molecule has 0 fully saturated rings. The van der Waals surface area contributed by atoms with Crippen molar-refractivity contribution >= 4 is 5.97 Å². The Morgan fingerprint density at radius 2 is 0.781 bits per heavy atom. The number of carbonyl (C=O) groups is 1. The maximum absolute atomic E-state index is 13.3. The lowest BCUT2D eigenvalue weighted by Gasteiger charge is -2.30. The van der Waals surface area contributed by atoms with Gasteiger partial charge in [0.1, 0.15) is 17.2 Å². The number of ether oxygens (including phenoxy) is 3. The molecular formula is C26H20O6. The molecular weight excluding hydrogens is 408 g/mol. The first-order valence-electron chi connectivity index (χ1n) is 9.90. The minimum atomic E-state index is -2.33. The molecule has 6 nitrogen and oxygen atoms in total. The Hall–Kier alpha value is -4.45. The predicted octanol–water partition coefficient (Wildman–Crippen LogP) is 5.41. The summed E-state index contributed by atoms with van der Waals surface area (Å²) in [5, 5.41) is 0. The molecule has 0 aliphatic heterocycles. The topological polar surface area (TPSA) is 63.2 Å². The van der Waals surface area contributed by atoms with Gasteiger partial charge < -0.3 is 14.2 Å². The van der Waals surface area contributed by atoms with Crippen molar-refractivity contribution in [3.05, 3.63) is 121 Å². The van der Waals surface area contributed by atoms with Gasteiger partial charge in [-0.05, 0) is 48.5 Å². The molecule has 0 aromatic heterocycles. The summed E-state index contributed by atoms with van der Waals surface area (Å²) in [6.45, 7) is 0. The Kier molecular flexibility index (Phi) is 6.53. The van der Waals surface area contributed by atoms with Crippen LogP contribution in [0.3, 0.4) is 0 Å². The minimum absolute atomic E-state index is 0.328. The molecule has 4 aromatic rings. The minimum Gasteiger partial charge on any atom is -0.412 e. The normalized spacial score (nSPS) is 10.6. The van der Waals surface area contributed by atoms with E-state index in [-0.39, 0.29) is 0 Å². The Balaban J connectivity index is 1.70. The third-order valence-electron chi connectivity index (χ3n) is 4.19. The summed E-state index contributed by atoms with van der Waals surface area (Å²) < 4.78 is 17.9. The highest BCUT2D eigenvalue weighted by Crippen LogP contribution is 2.28. The molecule has 4 aromatic carbocycles. The zero-order valence-electron chi connectivity index (χ0n) is 17.0. The Morgan fingerprint density at radius 1 is 0.469 bits per heavy atom. The lowest BCUT2D eigenvalue weighted by Crippen LogP contribution is -2.56. The van der Waals surface area contributed by atoms with Crippen LogP contribution in [0, 0.1) is 0 Å². The van der Waals surface area contributed by atoms with E-state index in [0.29, 0.717) is 23.0 Å². The molecule has 0 atom stereocenters. The largest absolute Gasteiger partial charge is 0.528 e. The molecule has 6 heteroatoms. The number of benzene rings is 4. The van der Waals surface area contributed by atoms with Crippen molar-refractivity contribution in [1.82, 2.24) is 0 Å². The van der Waals surface area contributed by atoms with Crippen molar-refractivity contribution in [2.45, 2.75) is 5.97 Å². The van der Waals surface area contributed by atoms with E-state index in [4.69, 9.17) is 24.0 Å². The van der Waals surface area contributed by atoms with E-state index in [1.165, 1.54) is 0 Å². The summed E-state index contributed by atoms with van der Waals surface area (Å²) in [6.07, 6.45) is 0. The lowest BCUT2D eigenvalue weighted by atomic mass is 10.3. The molecule has 0 bridgehead atoms. The van der Waals surface area contributed by atoms with Gasteiger partial charge in [-0.1, -0.05) is 72.8 Å². The smallest absolute Gasteiger partial charge is 0.412 e. The van der Waals surface area contributed by atoms with Crippen molar-refractivity contribution in [2.75, 3.05) is 0 Å². The zero-order chi connectivity index (χ0) is 22.1. The first kappa shape index (κ1) is 20.8. The van der Waals surface area contributed by atoms with Crippen LogP contribution >= 0.6 is 0 Å². The third kappa shape index (κ3) is 5.37. The number of hydrogen-bond donors (Lipinski definition) is 0. The molecule has 32 heavy (non-hydrogen) atoms. The van der Waals surface area contributed by atoms with Gasteiger partial charge in [-0.3, -0.25) is 4.89 Å². The van der Waals surface area contributed by atoms with Gasteiger partial charge in [0.05, 0.1) is 0 Å².